The first-order valence-electron chi connectivity index (χ1n) is 7.74. The summed E-state index contributed by atoms with van der Waals surface area (Å²) in [5, 5.41) is 9.99. The number of rotatable bonds is 6. The molecule has 0 spiro atoms. The molecule has 0 atom stereocenters. The summed E-state index contributed by atoms with van der Waals surface area (Å²) < 4.78 is 5.20. The molecule has 118 valence electrons. The molecule has 2 aromatic rings. The summed E-state index contributed by atoms with van der Waals surface area (Å²) in [5.41, 5.74) is 7.09. The number of ether oxygens (including phenoxy) is 1. The molecule has 3 N–H and O–H groups in total. The van der Waals surface area contributed by atoms with Crippen molar-refractivity contribution >= 4 is 17.8 Å². The third-order valence-electron chi connectivity index (χ3n) is 3.03. The van der Waals surface area contributed by atoms with E-state index >= 15 is 0 Å². The molecule has 0 bridgehead atoms. The molecule has 2 aromatic carbocycles. The molecule has 0 unspecified atom stereocenters. The molecule has 0 saturated carbocycles. The van der Waals surface area contributed by atoms with Crippen LogP contribution in [0.4, 0.5) is 0 Å². The maximum absolute atomic E-state index is 9.99. The van der Waals surface area contributed by atoms with Gasteiger partial charge in [-0.25, -0.2) is 0 Å². The Morgan fingerprint density at radius 2 is 1.41 bits per heavy atom. The minimum atomic E-state index is -0.516. The van der Waals surface area contributed by atoms with Crippen LogP contribution in [-0.2, 0) is 4.74 Å². The van der Waals surface area contributed by atoms with Gasteiger partial charge in [-0.1, -0.05) is 60.7 Å². The van der Waals surface area contributed by atoms with Crippen LogP contribution in [0.5, 0.6) is 0 Å². The normalized spacial score (nSPS) is 10.0. The van der Waals surface area contributed by atoms with Crippen LogP contribution < -0.4 is 16.7 Å². The zero-order valence-corrected chi connectivity index (χ0v) is 13.5. The number of nitrogens with two attached hydrogens (primary N) is 1. The Morgan fingerprint density at radius 3 is 1.77 bits per heavy atom. The third-order valence-corrected chi connectivity index (χ3v) is 3.03. The van der Waals surface area contributed by atoms with Gasteiger partial charge in [0.2, 0.25) is 0 Å². The lowest BCUT2D eigenvalue weighted by molar-refractivity contribution is 0.0782. The van der Waals surface area contributed by atoms with Crippen molar-refractivity contribution in [2.45, 2.75) is 26.4 Å². The molecular weight excluding hydrogens is 273 g/mol. The SMILES string of the molecule is CC(C)OCCCN.OB(c1ccccc1)c1ccccc1. The summed E-state index contributed by atoms with van der Waals surface area (Å²) in [5.74, 6) is 0. The highest BCUT2D eigenvalue weighted by molar-refractivity contribution is 6.78. The van der Waals surface area contributed by atoms with Crippen molar-refractivity contribution in [3.05, 3.63) is 60.7 Å². The predicted octanol–water partition coefficient (Wildman–Crippen LogP) is 1.54. The number of hydrogen-bond acceptors (Lipinski definition) is 3. The van der Waals surface area contributed by atoms with Crippen molar-refractivity contribution in [2.75, 3.05) is 13.2 Å². The van der Waals surface area contributed by atoms with Gasteiger partial charge in [0, 0.05) is 6.61 Å². The Morgan fingerprint density at radius 1 is 0.955 bits per heavy atom. The zero-order chi connectivity index (χ0) is 16.2. The molecule has 22 heavy (non-hydrogen) atoms. The van der Waals surface area contributed by atoms with E-state index in [1.807, 2.05) is 74.5 Å². The van der Waals surface area contributed by atoms with Crippen LogP contribution >= 0.6 is 0 Å². The monoisotopic (exact) mass is 299 g/mol. The Hall–Kier alpha value is -1.62. The van der Waals surface area contributed by atoms with Gasteiger partial charge in [0.05, 0.1) is 6.10 Å². The largest absolute Gasteiger partial charge is 0.443 e. The maximum atomic E-state index is 9.99. The topological polar surface area (TPSA) is 55.5 Å². The Balaban J connectivity index is 0.000000261. The van der Waals surface area contributed by atoms with Gasteiger partial charge in [0.15, 0.2) is 0 Å². The van der Waals surface area contributed by atoms with Crippen LogP contribution in [0.1, 0.15) is 20.3 Å². The summed E-state index contributed by atoms with van der Waals surface area (Å²) in [4.78, 5) is 0. The lowest BCUT2D eigenvalue weighted by Gasteiger charge is -2.05. The van der Waals surface area contributed by atoms with Crippen LogP contribution in [-0.4, -0.2) is 31.2 Å². The van der Waals surface area contributed by atoms with Gasteiger partial charge in [0.1, 0.15) is 0 Å². The molecule has 0 aliphatic carbocycles. The van der Waals surface area contributed by atoms with E-state index in [4.69, 9.17) is 10.5 Å². The Kier molecular flexibility index (Phi) is 9.23. The maximum Gasteiger partial charge on any atom is 0.358 e. The molecule has 0 heterocycles. The summed E-state index contributed by atoms with van der Waals surface area (Å²) in [6.45, 7) is 5.06. The average Bonchev–Trinajstić information content (AvgIpc) is 2.56. The van der Waals surface area contributed by atoms with Crippen molar-refractivity contribution in [3.8, 4) is 0 Å². The second-order valence-electron chi connectivity index (χ2n) is 5.29. The molecule has 0 aliphatic heterocycles. The van der Waals surface area contributed by atoms with Crippen molar-refractivity contribution < 1.29 is 9.76 Å². The van der Waals surface area contributed by atoms with Crippen LogP contribution in [0.15, 0.2) is 60.7 Å². The van der Waals surface area contributed by atoms with Crippen molar-refractivity contribution in [3.63, 3.8) is 0 Å². The molecule has 0 saturated heterocycles. The van der Waals surface area contributed by atoms with Gasteiger partial charge in [-0.15, -0.1) is 0 Å². The third kappa shape index (κ3) is 7.41. The molecule has 4 heteroatoms. The molecule has 2 rings (SSSR count). The Labute approximate surface area is 134 Å². The van der Waals surface area contributed by atoms with Crippen LogP contribution in [0.25, 0.3) is 0 Å². The van der Waals surface area contributed by atoms with Crippen molar-refractivity contribution in [2.24, 2.45) is 5.73 Å². The lowest BCUT2D eigenvalue weighted by Crippen LogP contribution is -2.41. The van der Waals surface area contributed by atoms with Crippen LogP contribution in [0, 0.1) is 0 Å². The minimum Gasteiger partial charge on any atom is -0.443 e. The minimum absolute atomic E-state index is 0.349. The van der Waals surface area contributed by atoms with Gasteiger partial charge in [-0.2, -0.15) is 0 Å². The van der Waals surface area contributed by atoms with E-state index in [2.05, 4.69) is 0 Å². The van der Waals surface area contributed by atoms with E-state index in [9.17, 15) is 5.02 Å². The molecule has 0 fully saturated rings. The fourth-order valence-electron chi connectivity index (χ4n) is 1.87. The summed E-state index contributed by atoms with van der Waals surface area (Å²) in [7, 11) is 0. The highest BCUT2D eigenvalue weighted by Crippen LogP contribution is 1.89. The Bertz CT molecular complexity index is 451. The van der Waals surface area contributed by atoms with E-state index < -0.39 is 6.92 Å². The zero-order valence-electron chi connectivity index (χ0n) is 13.5. The molecule has 0 radical (unpaired) electrons. The van der Waals surface area contributed by atoms with Gasteiger partial charge >= 0.3 is 6.92 Å². The fourth-order valence-corrected chi connectivity index (χ4v) is 1.87. The molecule has 0 aliphatic rings. The average molecular weight is 299 g/mol. The summed E-state index contributed by atoms with van der Waals surface area (Å²) in [6, 6.07) is 19.3. The van der Waals surface area contributed by atoms with Gasteiger partial charge in [0.25, 0.3) is 0 Å². The number of hydrogen-bond donors (Lipinski definition) is 2. The van der Waals surface area contributed by atoms with Gasteiger partial charge in [-0.3, -0.25) is 0 Å². The first-order chi connectivity index (χ1) is 10.6. The van der Waals surface area contributed by atoms with E-state index in [1.54, 1.807) is 0 Å². The van der Waals surface area contributed by atoms with Crippen LogP contribution in [0.3, 0.4) is 0 Å². The molecule has 3 nitrogen and oxygen atoms in total. The standard InChI is InChI=1S/C12H11BO.C6H15NO/c14-13(11-7-3-1-4-8-11)12-9-5-2-6-10-12;1-6(2)8-5-3-4-7/h1-10,14H;6H,3-5,7H2,1-2H3. The van der Waals surface area contributed by atoms with Crippen LogP contribution in [0.2, 0.25) is 0 Å². The summed E-state index contributed by atoms with van der Waals surface area (Å²) in [6.07, 6.45) is 1.32. The predicted molar refractivity (Wildman–Crippen MR) is 94.9 cm³/mol. The van der Waals surface area contributed by atoms with Gasteiger partial charge < -0.3 is 15.5 Å². The fraction of sp³-hybridized carbons (Fsp3) is 0.333. The first kappa shape index (κ1) is 18.4. The highest BCUT2D eigenvalue weighted by Gasteiger charge is 2.14. The summed E-state index contributed by atoms with van der Waals surface area (Å²) >= 11 is 0. The van der Waals surface area contributed by atoms with E-state index in [1.165, 1.54) is 0 Å². The second kappa shape index (κ2) is 11.0. The smallest absolute Gasteiger partial charge is 0.358 e. The highest BCUT2D eigenvalue weighted by atomic mass is 16.5. The van der Waals surface area contributed by atoms with E-state index in [0.717, 1.165) is 30.5 Å². The quantitative estimate of drug-likeness (QED) is 0.628. The van der Waals surface area contributed by atoms with E-state index in [-0.39, 0.29) is 0 Å². The second-order valence-corrected chi connectivity index (χ2v) is 5.29. The van der Waals surface area contributed by atoms with Crippen molar-refractivity contribution in [1.29, 1.82) is 0 Å². The number of benzene rings is 2. The van der Waals surface area contributed by atoms with Gasteiger partial charge in [-0.05, 0) is 37.7 Å². The molecular formula is C18H26BNO2. The molecule has 0 aromatic heterocycles. The van der Waals surface area contributed by atoms with Crippen molar-refractivity contribution in [1.82, 2.24) is 0 Å². The molecule has 0 amide bonds. The first-order valence-corrected chi connectivity index (χ1v) is 7.74. The lowest BCUT2D eigenvalue weighted by atomic mass is 9.56. The van der Waals surface area contributed by atoms with E-state index in [0.29, 0.717) is 6.10 Å².